The van der Waals surface area contributed by atoms with Crippen molar-refractivity contribution in [3.8, 4) is 5.75 Å². The molecule has 2 N–H and O–H groups in total. The first-order valence-corrected chi connectivity index (χ1v) is 11.4. The monoisotopic (exact) mass is 447 g/mol. The Morgan fingerprint density at radius 2 is 2.03 bits per heavy atom. The molecule has 0 bridgehead atoms. The quantitative estimate of drug-likeness (QED) is 0.374. The van der Waals surface area contributed by atoms with Crippen molar-refractivity contribution in [1.29, 1.82) is 0 Å². The first kappa shape index (κ1) is 22.9. The van der Waals surface area contributed by atoms with Crippen LogP contribution in [0.3, 0.4) is 0 Å². The number of aryl methyl sites for hydroxylation is 2. The molecule has 1 atom stereocenters. The third-order valence-electron chi connectivity index (χ3n) is 4.72. The maximum Gasteiger partial charge on any atom is 0.298 e. The molecule has 9 heteroatoms. The fourth-order valence-electron chi connectivity index (χ4n) is 2.89. The van der Waals surface area contributed by atoms with Crippen molar-refractivity contribution in [2.45, 2.75) is 44.2 Å². The molecule has 0 aliphatic heterocycles. The molecule has 0 radical (unpaired) electrons. The zero-order valence-corrected chi connectivity index (χ0v) is 18.3. The van der Waals surface area contributed by atoms with Crippen LogP contribution in [0.5, 0.6) is 5.75 Å². The Morgan fingerprint density at radius 1 is 1.29 bits per heavy atom. The zero-order valence-electron chi connectivity index (χ0n) is 17.5. The SMILES string of the molecule is CCCCc1cn2ccc(OC/C(=C\F)C(N)OS(=O)(=O)c3ccc(C)cc3)cc2n1. The Bertz CT molecular complexity index is 1160. The van der Waals surface area contributed by atoms with Gasteiger partial charge < -0.3 is 14.9 Å². The minimum atomic E-state index is -4.15. The number of nitrogens with two attached hydrogens (primary N) is 1. The van der Waals surface area contributed by atoms with Gasteiger partial charge in [0.25, 0.3) is 10.1 Å². The molecule has 0 fully saturated rings. The largest absolute Gasteiger partial charge is 0.489 e. The molecule has 0 aliphatic rings. The van der Waals surface area contributed by atoms with E-state index in [-0.39, 0.29) is 23.4 Å². The molecule has 0 spiro atoms. The molecule has 2 heterocycles. The number of unbranched alkanes of at least 4 members (excludes halogenated alkanes) is 1. The number of ether oxygens (including phenoxy) is 1. The van der Waals surface area contributed by atoms with Gasteiger partial charge in [-0.15, -0.1) is 0 Å². The first-order chi connectivity index (χ1) is 14.8. The smallest absolute Gasteiger partial charge is 0.298 e. The topological polar surface area (TPSA) is 95.9 Å². The first-order valence-electron chi connectivity index (χ1n) is 9.97. The highest BCUT2D eigenvalue weighted by Crippen LogP contribution is 2.19. The van der Waals surface area contributed by atoms with Crippen LogP contribution in [-0.4, -0.2) is 30.6 Å². The fourth-order valence-corrected chi connectivity index (χ4v) is 3.86. The minimum Gasteiger partial charge on any atom is -0.489 e. The molecular formula is C22H26FN3O4S. The van der Waals surface area contributed by atoms with Crippen molar-refractivity contribution in [3.63, 3.8) is 0 Å². The van der Waals surface area contributed by atoms with Gasteiger partial charge in [-0.1, -0.05) is 31.0 Å². The molecule has 1 unspecified atom stereocenters. The van der Waals surface area contributed by atoms with Crippen LogP contribution in [0.2, 0.25) is 0 Å². The molecule has 3 aromatic rings. The van der Waals surface area contributed by atoms with E-state index in [0.717, 1.165) is 30.5 Å². The lowest BCUT2D eigenvalue weighted by molar-refractivity contribution is 0.224. The van der Waals surface area contributed by atoms with Gasteiger partial charge in [-0.2, -0.15) is 8.42 Å². The second-order valence-corrected chi connectivity index (χ2v) is 8.79. The molecule has 1 aromatic carbocycles. The average molecular weight is 448 g/mol. The summed E-state index contributed by atoms with van der Waals surface area (Å²) in [5.74, 6) is 0.452. The van der Waals surface area contributed by atoms with Crippen molar-refractivity contribution in [3.05, 3.63) is 72.0 Å². The van der Waals surface area contributed by atoms with Crippen LogP contribution >= 0.6 is 0 Å². The summed E-state index contributed by atoms with van der Waals surface area (Å²) in [6.45, 7) is 3.68. The van der Waals surface area contributed by atoms with E-state index < -0.39 is 16.3 Å². The summed E-state index contributed by atoms with van der Waals surface area (Å²) in [4.78, 5) is 4.49. The third-order valence-corrected chi connectivity index (χ3v) is 6.03. The van der Waals surface area contributed by atoms with Gasteiger partial charge in [0.2, 0.25) is 0 Å². The number of benzene rings is 1. The summed E-state index contributed by atoms with van der Waals surface area (Å²) in [5, 5.41) is 0. The maximum absolute atomic E-state index is 13.4. The van der Waals surface area contributed by atoms with Crippen LogP contribution in [0.1, 0.15) is 31.0 Å². The Kier molecular flexibility index (Phi) is 7.42. The van der Waals surface area contributed by atoms with E-state index in [4.69, 9.17) is 14.7 Å². The lowest BCUT2D eigenvalue weighted by Gasteiger charge is -2.16. The normalized spacial score (nSPS) is 13.5. The Morgan fingerprint density at radius 3 is 2.71 bits per heavy atom. The molecule has 0 aliphatic carbocycles. The number of halogens is 1. The molecule has 7 nitrogen and oxygen atoms in total. The van der Waals surface area contributed by atoms with Gasteiger partial charge in [0, 0.05) is 24.0 Å². The number of fused-ring (bicyclic) bond motifs is 1. The molecule has 0 saturated heterocycles. The van der Waals surface area contributed by atoms with Crippen LogP contribution in [0, 0.1) is 6.92 Å². The van der Waals surface area contributed by atoms with Gasteiger partial charge in [-0.3, -0.25) is 0 Å². The fraction of sp³-hybridized carbons (Fsp3) is 0.318. The summed E-state index contributed by atoms with van der Waals surface area (Å²) >= 11 is 0. The summed E-state index contributed by atoms with van der Waals surface area (Å²) in [6.07, 6.45) is 5.47. The van der Waals surface area contributed by atoms with Crippen LogP contribution in [-0.2, 0) is 20.7 Å². The molecule has 0 amide bonds. The summed E-state index contributed by atoms with van der Waals surface area (Å²) in [6, 6.07) is 9.51. The lowest BCUT2D eigenvalue weighted by Crippen LogP contribution is -2.31. The minimum absolute atomic E-state index is 0.0590. The highest BCUT2D eigenvalue weighted by Gasteiger charge is 2.22. The summed E-state index contributed by atoms with van der Waals surface area (Å²) < 4.78 is 50.6. The second kappa shape index (κ2) is 10.0. The van der Waals surface area contributed by atoms with Gasteiger partial charge in [-0.25, -0.2) is 13.6 Å². The van der Waals surface area contributed by atoms with Crippen molar-refractivity contribution >= 4 is 15.8 Å². The van der Waals surface area contributed by atoms with Crippen LogP contribution in [0.4, 0.5) is 4.39 Å². The summed E-state index contributed by atoms with van der Waals surface area (Å²) in [7, 11) is -4.15. The third kappa shape index (κ3) is 5.90. The second-order valence-electron chi connectivity index (χ2n) is 7.22. The molecule has 31 heavy (non-hydrogen) atoms. The predicted octanol–water partition coefficient (Wildman–Crippen LogP) is 3.91. The van der Waals surface area contributed by atoms with Crippen molar-refractivity contribution < 1.29 is 21.7 Å². The van der Waals surface area contributed by atoms with E-state index in [1.54, 1.807) is 30.5 Å². The van der Waals surface area contributed by atoms with Gasteiger partial charge >= 0.3 is 0 Å². The number of hydrogen-bond acceptors (Lipinski definition) is 6. The van der Waals surface area contributed by atoms with E-state index in [0.29, 0.717) is 11.4 Å². The van der Waals surface area contributed by atoms with Gasteiger partial charge in [0.15, 0.2) is 6.23 Å². The number of nitrogens with zero attached hydrogens (tertiary/aromatic N) is 2. The van der Waals surface area contributed by atoms with Gasteiger partial charge in [0.1, 0.15) is 18.0 Å². The average Bonchev–Trinajstić information content (AvgIpc) is 3.14. The number of hydrogen-bond donors (Lipinski definition) is 1. The highest BCUT2D eigenvalue weighted by molar-refractivity contribution is 7.86. The van der Waals surface area contributed by atoms with Crippen molar-refractivity contribution in [2.24, 2.45) is 5.73 Å². The Balaban J connectivity index is 1.64. The van der Waals surface area contributed by atoms with E-state index in [2.05, 4.69) is 11.9 Å². The number of pyridine rings is 1. The summed E-state index contributed by atoms with van der Waals surface area (Å²) in [5.41, 5.74) is 8.22. The number of rotatable bonds is 10. The van der Waals surface area contributed by atoms with E-state index in [1.807, 2.05) is 17.5 Å². The zero-order chi connectivity index (χ0) is 22.4. The molecule has 166 valence electrons. The van der Waals surface area contributed by atoms with E-state index >= 15 is 0 Å². The van der Waals surface area contributed by atoms with Crippen LogP contribution < -0.4 is 10.5 Å². The number of aromatic nitrogens is 2. The van der Waals surface area contributed by atoms with Crippen LogP contribution in [0.25, 0.3) is 5.65 Å². The molecule has 0 saturated carbocycles. The van der Waals surface area contributed by atoms with Crippen molar-refractivity contribution in [2.75, 3.05) is 6.61 Å². The Hall–Kier alpha value is -2.75. The number of imidazole rings is 1. The lowest BCUT2D eigenvalue weighted by atomic mass is 10.2. The predicted molar refractivity (Wildman–Crippen MR) is 116 cm³/mol. The van der Waals surface area contributed by atoms with Gasteiger partial charge in [-0.05, 0) is 38.0 Å². The van der Waals surface area contributed by atoms with Crippen molar-refractivity contribution in [1.82, 2.24) is 9.38 Å². The molecule has 3 rings (SSSR count). The van der Waals surface area contributed by atoms with E-state index in [9.17, 15) is 12.8 Å². The standard InChI is InChI=1S/C22H26FN3O4S/c1-3-4-5-18-14-26-11-10-19(12-21(26)25-18)29-15-17(13-23)22(24)30-31(27,28)20-8-6-16(2)7-9-20/h6-14,22H,3-5,15,24H2,1-2H3/b17-13+. The highest BCUT2D eigenvalue weighted by atomic mass is 32.2. The molecular weight excluding hydrogens is 421 g/mol. The molecule has 2 aromatic heterocycles. The van der Waals surface area contributed by atoms with E-state index in [1.165, 1.54) is 12.1 Å². The maximum atomic E-state index is 13.4. The van der Waals surface area contributed by atoms with Crippen LogP contribution in [0.15, 0.2) is 65.6 Å². The Labute approximate surface area is 181 Å². The van der Waals surface area contributed by atoms with Gasteiger partial charge in [0.05, 0.1) is 16.9 Å².